The summed E-state index contributed by atoms with van der Waals surface area (Å²) in [5.41, 5.74) is 1.09. The molecule has 0 saturated heterocycles. The van der Waals surface area contributed by atoms with Crippen LogP contribution in [0, 0.1) is 0 Å². The second-order valence-electron chi connectivity index (χ2n) is 6.61. The summed E-state index contributed by atoms with van der Waals surface area (Å²) in [7, 11) is 2.91. The second kappa shape index (κ2) is 10.5. The van der Waals surface area contributed by atoms with Gasteiger partial charge in [0.25, 0.3) is 5.91 Å². The summed E-state index contributed by atoms with van der Waals surface area (Å²) in [4.78, 5) is 37.6. The van der Waals surface area contributed by atoms with Crippen LogP contribution in [0.2, 0.25) is 5.02 Å². The van der Waals surface area contributed by atoms with Crippen molar-refractivity contribution >= 4 is 34.9 Å². The van der Waals surface area contributed by atoms with E-state index in [1.165, 1.54) is 38.5 Å². The zero-order valence-corrected chi connectivity index (χ0v) is 18.1. The van der Waals surface area contributed by atoms with E-state index in [-0.39, 0.29) is 22.6 Å². The average Bonchev–Trinajstić information content (AvgIpc) is 2.83. The van der Waals surface area contributed by atoms with Gasteiger partial charge in [-0.05, 0) is 30.3 Å². The number of methoxy groups -OCH3 is 2. The topological polar surface area (TPSA) is 90.9 Å². The van der Waals surface area contributed by atoms with Gasteiger partial charge in [0.15, 0.2) is 12.4 Å². The number of hydrogen-bond acceptors (Lipinski definition) is 6. The Bertz CT molecular complexity index is 1120. The Morgan fingerprint density at radius 2 is 1.50 bits per heavy atom. The molecular formula is C24H20ClNO6. The van der Waals surface area contributed by atoms with E-state index in [9.17, 15) is 14.4 Å². The van der Waals surface area contributed by atoms with Crippen LogP contribution >= 0.6 is 11.6 Å². The highest BCUT2D eigenvalue weighted by Crippen LogP contribution is 2.25. The molecule has 0 fully saturated rings. The van der Waals surface area contributed by atoms with Crippen LogP contribution in [0.15, 0.2) is 66.7 Å². The zero-order valence-electron chi connectivity index (χ0n) is 17.4. The predicted octanol–water partition coefficient (Wildman–Crippen LogP) is 4.38. The number of anilines is 1. The molecule has 164 valence electrons. The maximum Gasteiger partial charge on any atom is 0.338 e. The first-order valence-electron chi connectivity index (χ1n) is 9.50. The van der Waals surface area contributed by atoms with E-state index in [2.05, 4.69) is 5.32 Å². The molecule has 0 aromatic heterocycles. The molecule has 0 heterocycles. The molecule has 32 heavy (non-hydrogen) atoms. The van der Waals surface area contributed by atoms with Gasteiger partial charge in [-0.15, -0.1) is 0 Å². The fourth-order valence-corrected chi connectivity index (χ4v) is 3.06. The van der Waals surface area contributed by atoms with E-state index in [0.29, 0.717) is 22.1 Å². The summed E-state index contributed by atoms with van der Waals surface area (Å²) in [5.74, 6) is -0.826. The summed E-state index contributed by atoms with van der Waals surface area (Å²) in [6, 6.07) is 17.7. The first kappa shape index (κ1) is 22.8. The quantitative estimate of drug-likeness (QED) is 0.402. The van der Waals surface area contributed by atoms with Crippen molar-refractivity contribution in [3.05, 3.63) is 88.4 Å². The molecule has 0 aliphatic rings. The van der Waals surface area contributed by atoms with Crippen LogP contribution in [0.3, 0.4) is 0 Å². The van der Waals surface area contributed by atoms with Gasteiger partial charge in [-0.3, -0.25) is 9.59 Å². The summed E-state index contributed by atoms with van der Waals surface area (Å²) in [6.45, 7) is -0.556. The molecule has 8 heteroatoms. The summed E-state index contributed by atoms with van der Waals surface area (Å²) < 4.78 is 15.3. The lowest BCUT2D eigenvalue weighted by Crippen LogP contribution is -2.22. The Labute approximate surface area is 189 Å². The van der Waals surface area contributed by atoms with Gasteiger partial charge in [0.05, 0.1) is 25.5 Å². The molecule has 0 aliphatic heterocycles. The van der Waals surface area contributed by atoms with Gasteiger partial charge < -0.3 is 19.5 Å². The highest BCUT2D eigenvalue weighted by Gasteiger charge is 2.18. The van der Waals surface area contributed by atoms with Gasteiger partial charge in [0.2, 0.25) is 0 Å². The molecule has 7 nitrogen and oxygen atoms in total. The van der Waals surface area contributed by atoms with Crippen LogP contribution in [-0.2, 0) is 9.53 Å². The summed E-state index contributed by atoms with van der Waals surface area (Å²) in [6.07, 6.45) is 0. The molecule has 0 spiro atoms. The molecule has 3 rings (SSSR count). The van der Waals surface area contributed by atoms with Gasteiger partial charge in [0.1, 0.15) is 11.5 Å². The monoisotopic (exact) mass is 453 g/mol. The van der Waals surface area contributed by atoms with Crippen molar-refractivity contribution in [2.24, 2.45) is 0 Å². The highest BCUT2D eigenvalue weighted by atomic mass is 35.5. The van der Waals surface area contributed by atoms with Crippen molar-refractivity contribution in [1.82, 2.24) is 0 Å². The number of hydrogen-bond donors (Lipinski definition) is 1. The number of carbonyl (C=O) groups excluding carboxylic acids is 3. The number of benzene rings is 3. The third kappa shape index (κ3) is 5.65. The van der Waals surface area contributed by atoms with Gasteiger partial charge in [-0.1, -0.05) is 41.9 Å². The predicted molar refractivity (Wildman–Crippen MR) is 120 cm³/mol. The third-order valence-corrected chi connectivity index (χ3v) is 4.69. The van der Waals surface area contributed by atoms with E-state index in [4.69, 9.17) is 25.8 Å². The summed E-state index contributed by atoms with van der Waals surface area (Å²) in [5, 5.41) is 2.94. The average molecular weight is 454 g/mol. The van der Waals surface area contributed by atoms with Crippen molar-refractivity contribution in [2.75, 3.05) is 26.1 Å². The molecule has 0 aliphatic carbocycles. The molecule has 0 bridgehead atoms. The van der Waals surface area contributed by atoms with Crippen molar-refractivity contribution in [1.29, 1.82) is 0 Å². The molecule has 0 unspecified atom stereocenters. The van der Waals surface area contributed by atoms with Crippen LogP contribution in [-0.4, -0.2) is 38.5 Å². The molecule has 0 radical (unpaired) electrons. The molecule has 0 saturated carbocycles. The SMILES string of the molecule is COc1cc(OC)cc(C(=O)OCC(=O)Nc2ccc(Cl)cc2C(=O)c2ccccc2)c1. The van der Waals surface area contributed by atoms with E-state index in [1.807, 2.05) is 0 Å². The van der Waals surface area contributed by atoms with Crippen LogP contribution in [0.4, 0.5) is 5.69 Å². The minimum atomic E-state index is -0.728. The van der Waals surface area contributed by atoms with Crippen molar-refractivity contribution in [2.45, 2.75) is 0 Å². The molecule has 1 amide bonds. The Hall–Kier alpha value is -3.84. The van der Waals surface area contributed by atoms with Gasteiger partial charge in [-0.2, -0.15) is 0 Å². The molecule has 3 aromatic carbocycles. The number of esters is 1. The molecular weight excluding hydrogens is 434 g/mol. The van der Waals surface area contributed by atoms with Crippen molar-refractivity contribution < 1.29 is 28.6 Å². The van der Waals surface area contributed by atoms with E-state index in [0.717, 1.165) is 0 Å². The number of amides is 1. The number of rotatable bonds is 8. The van der Waals surface area contributed by atoms with Crippen molar-refractivity contribution in [3.63, 3.8) is 0 Å². The number of ketones is 1. The maximum absolute atomic E-state index is 12.9. The van der Waals surface area contributed by atoms with E-state index < -0.39 is 18.5 Å². The number of ether oxygens (including phenoxy) is 3. The van der Waals surface area contributed by atoms with Gasteiger partial charge >= 0.3 is 5.97 Å². The Morgan fingerprint density at radius 1 is 0.844 bits per heavy atom. The van der Waals surface area contributed by atoms with Crippen LogP contribution in [0.5, 0.6) is 11.5 Å². The largest absolute Gasteiger partial charge is 0.497 e. The zero-order chi connectivity index (χ0) is 23.1. The van der Waals surface area contributed by atoms with Gasteiger partial charge in [0, 0.05) is 22.2 Å². The standard InChI is InChI=1S/C24H20ClNO6/c1-30-18-10-16(11-19(13-18)31-2)24(29)32-14-22(27)26-21-9-8-17(25)12-20(21)23(28)15-6-4-3-5-7-15/h3-13H,14H2,1-2H3,(H,26,27). The van der Waals surface area contributed by atoms with Crippen LogP contribution in [0.25, 0.3) is 0 Å². The maximum atomic E-state index is 12.9. The van der Waals surface area contributed by atoms with Gasteiger partial charge in [-0.25, -0.2) is 4.79 Å². The van der Waals surface area contributed by atoms with Crippen molar-refractivity contribution in [3.8, 4) is 11.5 Å². The minimum absolute atomic E-state index is 0.167. The lowest BCUT2D eigenvalue weighted by molar-refractivity contribution is -0.119. The number of halogens is 1. The highest BCUT2D eigenvalue weighted by molar-refractivity contribution is 6.31. The van der Waals surface area contributed by atoms with Crippen LogP contribution < -0.4 is 14.8 Å². The first-order chi connectivity index (χ1) is 15.4. The lowest BCUT2D eigenvalue weighted by Gasteiger charge is -2.12. The molecule has 3 aromatic rings. The minimum Gasteiger partial charge on any atom is -0.497 e. The first-order valence-corrected chi connectivity index (χ1v) is 9.88. The van der Waals surface area contributed by atoms with E-state index >= 15 is 0 Å². The van der Waals surface area contributed by atoms with E-state index in [1.54, 1.807) is 42.5 Å². The molecule has 1 N–H and O–H groups in total. The Kier molecular flexibility index (Phi) is 7.46. The van der Waals surface area contributed by atoms with Crippen LogP contribution in [0.1, 0.15) is 26.3 Å². The smallest absolute Gasteiger partial charge is 0.338 e. The summed E-state index contributed by atoms with van der Waals surface area (Å²) >= 11 is 6.05. The number of carbonyl (C=O) groups is 3. The fraction of sp³-hybridized carbons (Fsp3) is 0.125. The second-order valence-corrected chi connectivity index (χ2v) is 7.05. The lowest BCUT2D eigenvalue weighted by atomic mass is 10.0. The Morgan fingerprint density at radius 3 is 2.12 bits per heavy atom. The fourth-order valence-electron chi connectivity index (χ4n) is 2.88. The Balaban J connectivity index is 1.71. The molecule has 0 atom stereocenters. The number of nitrogens with one attached hydrogen (secondary N) is 1. The normalized spacial score (nSPS) is 10.2. The third-order valence-electron chi connectivity index (χ3n) is 4.46.